The molecule has 1 amide bonds. The summed E-state index contributed by atoms with van der Waals surface area (Å²) < 4.78 is 0. The Morgan fingerprint density at radius 3 is 3.16 bits per heavy atom. The van der Waals surface area contributed by atoms with E-state index in [1.54, 1.807) is 6.07 Å². The zero-order valence-corrected chi connectivity index (χ0v) is 12.3. The Bertz CT molecular complexity index is 425. The number of rotatable bonds is 5. The van der Waals surface area contributed by atoms with Gasteiger partial charge >= 0.3 is 0 Å². The first-order valence-corrected chi connectivity index (χ1v) is 7.84. The van der Waals surface area contributed by atoms with Gasteiger partial charge in [-0.15, -0.1) is 11.3 Å². The molecule has 0 saturated carbocycles. The lowest BCUT2D eigenvalue weighted by Gasteiger charge is -2.29. The molecule has 0 aromatic carbocycles. The van der Waals surface area contributed by atoms with E-state index in [-0.39, 0.29) is 12.0 Å². The monoisotopic (exact) mass is 302 g/mol. The maximum Gasteiger partial charge on any atom is 0.262 e. The van der Waals surface area contributed by atoms with Gasteiger partial charge < -0.3 is 15.3 Å². The summed E-state index contributed by atoms with van der Waals surface area (Å²) in [6, 6.07) is 1.73. The van der Waals surface area contributed by atoms with Crippen molar-refractivity contribution in [1.82, 2.24) is 10.2 Å². The van der Waals surface area contributed by atoms with E-state index in [0.717, 1.165) is 38.9 Å². The summed E-state index contributed by atoms with van der Waals surface area (Å²) in [7, 11) is 0. The van der Waals surface area contributed by atoms with Crippen LogP contribution in [0.2, 0.25) is 5.02 Å². The van der Waals surface area contributed by atoms with Crippen molar-refractivity contribution in [1.29, 1.82) is 0 Å². The molecule has 4 nitrogen and oxygen atoms in total. The molecule has 2 N–H and O–H groups in total. The van der Waals surface area contributed by atoms with Crippen LogP contribution in [0.15, 0.2) is 11.4 Å². The van der Waals surface area contributed by atoms with Crippen LogP contribution >= 0.6 is 22.9 Å². The van der Waals surface area contributed by atoms with Crippen molar-refractivity contribution in [2.45, 2.75) is 25.4 Å². The number of nitrogens with one attached hydrogen (secondary N) is 1. The van der Waals surface area contributed by atoms with Crippen LogP contribution in [-0.2, 0) is 0 Å². The number of nitrogens with zero attached hydrogens (tertiary/aromatic N) is 1. The van der Waals surface area contributed by atoms with Crippen molar-refractivity contribution in [2.24, 2.45) is 0 Å². The average molecular weight is 303 g/mol. The second-order valence-corrected chi connectivity index (χ2v) is 6.13. The number of carbonyl (C=O) groups is 1. The van der Waals surface area contributed by atoms with Crippen LogP contribution in [0.4, 0.5) is 0 Å². The van der Waals surface area contributed by atoms with Crippen molar-refractivity contribution < 1.29 is 9.90 Å². The Balaban J connectivity index is 1.64. The van der Waals surface area contributed by atoms with Gasteiger partial charge in [0, 0.05) is 13.1 Å². The number of thiophene rings is 1. The molecule has 1 aromatic heterocycles. The summed E-state index contributed by atoms with van der Waals surface area (Å²) in [4.78, 5) is 14.6. The SMILES string of the molecule is O=C(NCCCN1CCC[C@H](O)C1)c1sccc1Cl. The van der Waals surface area contributed by atoms with Gasteiger partial charge in [-0.2, -0.15) is 0 Å². The number of aliphatic hydroxyl groups excluding tert-OH is 1. The van der Waals surface area contributed by atoms with Crippen LogP contribution in [0.3, 0.4) is 0 Å². The van der Waals surface area contributed by atoms with Gasteiger partial charge in [0.25, 0.3) is 5.91 Å². The molecule has 0 radical (unpaired) electrons. The highest BCUT2D eigenvalue weighted by Crippen LogP contribution is 2.21. The maximum atomic E-state index is 11.8. The highest BCUT2D eigenvalue weighted by atomic mass is 35.5. The van der Waals surface area contributed by atoms with Crippen molar-refractivity contribution in [2.75, 3.05) is 26.2 Å². The fourth-order valence-electron chi connectivity index (χ4n) is 2.27. The normalized spacial score (nSPS) is 20.4. The van der Waals surface area contributed by atoms with E-state index in [2.05, 4.69) is 10.2 Å². The van der Waals surface area contributed by atoms with E-state index in [9.17, 15) is 9.90 Å². The summed E-state index contributed by atoms with van der Waals surface area (Å²) in [6.07, 6.45) is 2.66. The van der Waals surface area contributed by atoms with E-state index < -0.39 is 0 Å². The molecule has 0 spiro atoms. The highest BCUT2D eigenvalue weighted by Gasteiger charge is 2.17. The number of halogens is 1. The van der Waals surface area contributed by atoms with Crippen LogP contribution in [-0.4, -0.2) is 48.2 Å². The fraction of sp³-hybridized carbons (Fsp3) is 0.615. The molecule has 0 unspecified atom stereocenters. The number of hydrogen-bond donors (Lipinski definition) is 2. The zero-order valence-electron chi connectivity index (χ0n) is 10.8. The molecular weight excluding hydrogens is 284 g/mol. The van der Waals surface area contributed by atoms with Crippen molar-refractivity contribution in [3.8, 4) is 0 Å². The smallest absolute Gasteiger partial charge is 0.262 e. The third-order valence-corrected chi connectivity index (χ3v) is 4.58. The van der Waals surface area contributed by atoms with E-state index in [4.69, 9.17) is 11.6 Å². The number of β-amino-alcohol motifs (C(OH)–C–C–N with tert-alkyl or cyclic N) is 1. The van der Waals surface area contributed by atoms with E-state index in [0.29, 0.717) is 16.4 Å². The third-order valence-electron chi connectivity index (χ3n) is 3.24. The van der Waals surface area contributed by atoms with Gasteiger partial charge in [0.05, 0.1) is 11.1 Å². The molecule has 1 aromatic rings. The molecule has 0 aliphatic carbocycles. The van der Waals surface area contributed by atoms with Gasteiger partial charge in [0.2, 0.25) is 0 Å². The molecule has 2 heterocycles. The van der Waals surface area contributed by atoms with Gasteiger partial charge in [-0.25, -0.2) is 0 Å². The Morgan fingerprint density at radius 2 is 2.47 bits per heavy atom. The molecule has 6 heteroatoms. The number of likely N-dealkylation sites (tertiary alicyclic amines) is 1. The molecule has 2 rings (SSSR count). The zero-order chi connectivity index (χ0) is 13.7. The predicted molar refractivity (Wildman–Crippen MR) is 78.0 cm³/mol. The molecule has 106 valence electrons. The predicted octanol–water partition coefficient (Wildman–Crippen LogP) is 1.98. The first-order valence-electron chi connectivity index (χ1n) is 6.58. The molecule has 1 atom stereocenters. The molecule has 19 heavy (non-hydrogen) atoms. The number of piperidine rings is 1. The quantitative estimate of drug-likeness (QED) is 0.818. The van der Waals surface area contributed by atoms with Crippen molar-refractivity contribution in [3.05, 3.63) is 21.3 Å². The third kappa shape index (κ3) is 4.45. The number of hydrogen-bond acceptors (Lipinski definition) is 4. The van der Waals surface area contributed by atoms with Gasteiger partial charge in [-0.1, -0.05) is 11.6 Å². The maximum absolute atomic E-state index is 11.8. The van der Waals surface area contributed by atoms with E-state index in [1.807, 2.05) is 5.38 Å². The minimum Gasteiger partial charge on any atom is -0.392 e. The van der Waals surface area contributed by atoms with Gasteiger partial charge in [-0.3, -0.25) is 4.79 Å². The van der Waals surface area contributed by atoms with Crippen molar-refractivity contribution >= 4 is 28.8 Å². The summed E-state index contributed by atoms with van der Waals surface area (Å²) in [5.74, 6) is -0.0984. The largest absolute Gasteiger partial charge is 0.392 e. The van der Waals surface area contributed by atoms with E-state index >= 15 is 0 Å². The summed E-state index contributed by atoms with van der Waals surface area (Å²) in [5, 5.41) is 14.8. The van der Waals surface area contributed by atoms with Crippen LogP contribution < -0.4 is 5.32 Å². The molecule has 0 bridgehead atoms. The molecular formula is C13H19ClN2O2S. The Kier molecular flexibility index (Phi) is 5.63. The number of amides is 1. The lowest BCUT2D eigenvalue weighted by Crippen LogP contribution is -2.39. The van der Waals surface area contributed by atoms with Crippen molar-refractivity contribution in [3.63, 3.8) is 0 Å². The topological polar surface area (TPSA) is 52.6 Å². The number of carbonyl (C=O) groups excluding carboxylic acids is 1. The molecule has 1 fully saturated rings. The second kappa shape index (κ2) is 7.24. The molecule has 1 aliphatic heterocycles. The van der Waals surface area contributed by atoms with Crippen LogP contribution in [0.25, 0.3) is 0 Å². The van der Waals surface area contributed by atoms with Gasteiger partial charge in [-0.05, 0) is 43.8 Å². The van der Waals surface area contributed by atoms with E-state index in [1.165, 1.54) is 11.3 Å². The second-order valence-electron chi connectivity index (χ2n) is 4.80. The number of aliphatic hydroxyl groups is 1. The van der Waals surface area contributed by atoms with Crippen LogP contribution in [0.1, 0.15) is 28.9 Å². The van der Waals surface area contributed by atoms with Crippen LogP contribution in [0.5, 0.6) is 0 Å². The molecule has 1 saturated heterocycles. The fourth-order valence-corrected chi connectivity index (χ4v) is 3.33. The first kappa shape index (κ1) is 14.8. The average Bonchev–Trinajstić information content (AvgIpc) is 2.81. The Morgan fingerprint density at radius 1 is 1.63 bits per heavy atom. The molecule has 1 aliphatic rings. The minimum atomic E-state index is -0.187. The standard InChI is InChI=1S/C13H19ClN2O2S/c14-11-4-8-19-12(11)13(18)15-5-2-7-16-6-1-3-10(17)9-16/h4,8,10,17H,1-3,5-7,9H2,(H,15,18)/t10-/m0/s1. The lowest BCUT2D eigenvalue weighted by molar-refractivity contribution is 0.0697. The summed E-state index contributed by atoms with van der Waals surface area (Å²) in [6.45, 7) is 3.35. The Labute approximate surface area is 122 Å². The van der Waals surface area contributed by atoms with Crippen LogP contribution in [0, 0.1) is 0 Å². The van der Waals surface area contributed by atoms with Gasteiger partial charge in [0.1, 0.15) is 4.88 Å². The first-order chi connectivity index (χ1) is 9.16. The summed E-state index contributed by atoms with van der Waals surface area (Å²) >= 11 is 7.26. The highest BCUT2D eigenvalue weighted by molar-refractivity contribution is 7.12. The minimum absolute atomic E-state index is 0.0984. The van der Waals surface area contributed by atoms with Gasteiger partial charge in [0.15, 0.2) is 0 Å². The lowest BCUT2D eigenvalue weighted by atomic mass is 10.1. The summed E-state index contributed by atoms with van der Waals surface area (Å²) in [5.41, 5.74) is 0. The Hall–Kier alpha value is -0.620.